The predicted octanol–water partition coefficient (Wildman–Crippen LogP) is 3.89. The maximum Gasteiger partial charge on any atom is 0.516 e. The first-order chi connectivity index (χ1) is 14.7. The fourth-order valence-electron chi connectivity index (χ4n) is 3.39. The van der Waals surface area contributed by atoms with Crippen molar-refractivity contribution in [2.24, 2.45) is 5.92 Å². The Labute approximate surface area is 175 Å². The van der Waals surface area contributed by atoms with Gasteiger partial charge in [-0.2, -0.15) is 21.6 Å². The minimum atomic E-state index is -5.58. The largest absolute Gasteiger partial charge is 0.516 e. The molecule has 0 amide bonds. The average Bonchev–Trinajstić information content (AvgIpc) is 3.22. The van der Waals surface area contributed by atoms with Crippen molar-refractivity contribution in [3.63, 3.8) is 0 Å². The van der Waals surface area contributed by atoms with E-state index in [1.54, 1.807) is 29.0 Å². The Bertz CT molecular complexity index is 1180. The van der Waals surface area contributed by atoms with E-state index >= 15 is 0 Å². The molecule has 0 fully saturated rings. The summed E-state index contributed by atoms with van der Waals surface area (Å²) in [4.78, 5) is 4.04. The number of halogens is 3. The number of hydrogen-bond acceptors (Lipinski definition) is 6. The van der Waals surface area contributed by atoms with Crippen LogP contribution in [0.1, 0.15) is 17.6 Å². The highest BCUT2D eigenvalue weighted by atomic mass is 32.2. The molecule has 2 aromatic carbocycles. The summed E-state index contributed by atoms with van der Waals surface area (Å²) in [7, 11) is -5.58. The van der Waals surface area contributed by atoms with Crippen LogP contribution >= 0.6 is 0 Å². The monoisotopic (exact) mass is 454 g/mol. The maximum absolute atomic E-state index is 12.8. The molecule has 1 aromatic heterocycles. The van der Waals surface area contributed by atoms with Crippen LogP contribution in [0.5, 0.6) is 5.75 Å². The molecule has 1 aliphatic heterocycles. The van der Waals surface area contributed by atoms with Crippen molar-refractivity contribution in [3.8, 4) is 16.9 Å². The van der Waals surface area contributed by atoms with Crippen LogP contribution in [-0.2, 0) is 16.4 Å². The molecule has 1 unspecified atom stereocenters. The minimum Gasteiger partial charge on any atom is -0.493 e. The van der Waals surface area contributed by atoms with E-state index in [-0.39, 0.29) is 23.8 Å². The number of rotatable bonds is 5. The Balaban J connectivity index is 1.62. The van der Waals surface area contributed by atoms with E-state index in [1.165, 1.54) is 30.7 Å². The Morgan fingerprint density at radius 3 is 2.68 bits per heavy atom. The van der Waals surface area contributed by atoms with Crippen molar-refractivity contribution < 1.29 is 35.8 Å². The van der Waals surface area contributed by atoms with E-state index in [0.717, 1.165) is 0 Å². The summed E-state index contributed by atoms with van der Waals surface area (Å²) in [5, 5.41) is 10.7. The fourth-order valence-corrected chi connectivity index (χ4v) is 3.97. The number of nitrogens with one attached hydrogen (secondary N) is 1. The van der Waals surface area contributed by atoms with Gasteiger partial charge in [-0.3, -0.25) is 4.72 Å². The lowest BCUT2D eigenvalue weighted by molar-refractivity contribution is -0.0429. The van der Waals surface area contributed by atoms with Gasteiger partial charge in [0.15, 0.2) is 5.89 Å². The van der Waals surface area contributed by atoms with Crippen LogP contribution in [0.15, 0.2) is 59.3 Å². The van der Waals surface area contributed by atoms with E-state index in [0.29, 0.717) is 29.2 Å². The topological polar surface area (TPSA) is 102 Å². The Kier molecular flexibility index (Phi) is 5.40. The number of anilines is 1. The molecule has 164 valence electrons. The molecule has 2 heterocycles. The van der Waals surface area contributed by atoms with Crippen molar-refractivity contribution in [1.82, 2.24) is 4.98 Å². The zero-order valence-electron chi connectivity index (χ0n) is 15.8. The Hall–Kier alpha value is -3.05. The SMILES string of the molecule is O=S(=O)(Nc1ccccc1-c1ccc2c(c1)OCC(Cc1ncco1)[C@@H]2O)C(F)(F)F. The van der Waals surface area contributed by atoms with Crippen molar-refractivity contribution >= 4 is 15.7 Å². The molecular formula is C20H17F3N2O5S. The van der Waals surface area contributed by atoms with Crippen molar-refractivity contribution in [1.29, 1.82) is 0 Å². The van der Waals surface area contributed by atoms with Crippen molar-refractivity contribution in [2.45, 2.75) is 18.0 Å². The molecule has 31 heavy (non-hydrogen) atoms. The number of aliphatic hydroxyl groups is 1. The fraction of sp³-hybridized carbons (Fsp3) is 0.250. The number of fused-ring (bicyclic) bond motifs is 1. The van der Waals surface area contributed by atoms with E-state index in [1.807, 2.05) is 0 Å². The Morgan fingerprint density at radius 2 is 1.97 bits per heavy atom. The van der Waals surface area contributed by atoms with E-state index < -0.39 is 21.6 Å². The molecule has 0 bridgehead atoms. The van der Waals surface area contributed by atoms with Gasteiger partial charge in [-0.1, -0.05) is 30.3 Å². The van der Waals surface area contributed by atoms with Crippen LogP contribution in [0.3, 0.4) is 0 Å². The number of sulfonamides is 1. The smallest absolute Gasteiger partial charge is 0.493 e. The molecule has 0 spiro atoms. The van der Waals surface area contributed by atoms with Gasteiger partial charge >= 0.3 is 15.5 Å². The molecule has 3 aromatic rings. The van der Waals surface area contributed by atoms with Crippen LogP contribution < -0.4 is 9.46 Å². The highest BCUT2D eigenvalue weighted by Gasteiger charge is 2.46. The number of aromatic nitrogens is 1. The van der Waals surface area contributed by atoms with Crippen molar-refractivity contribution in [2.75, 3.05) is 11.3 Å². The summed E-state index contributed by atoms with van der Waals surface area (Å²) in [6.07, 6.45) is 2.47. The predicted molar refractivity (Wildman–Crippen MR) is 105 cm³/mol. The number of hydrogen-bond donors (Lipinski definition) is 2. The summed E-state index contributed by atoms with van der Waals surface area (Å²) in [6, 6.07) is 10.5. The minimum absolute atomic E-state index is 0.183. The highest BCUT2D eigenvalue weighted by molar-refractivity contribution is 7.93. The van der Waals surface area contributed by atoms with Gasteiger partial charge in [0.1, 0.15) is 12.0 Å². The van der Waals surface area contributed by atoms with E-state index in [9.17, 15) is 26.7 Å². The molecule has 2 N–H and O–H groups in total. The highest BCUT2D eigenvalue weighted by Crippen LogP contribution is 2.40. The summed E-state index contributed by atoms with van der Waals surface area (Å²) in [5.41, 5.74) is -4.49. The van der Waals surface area contributed by atoms with Gasteiger partial charge in [0.25, 0.3) is 0 Å². The van der Waals surface area contributed by atoms with Crippen molar-refractivity contribution in [3.05, 3.63) is 66.4 Å². The zero-order valence-corrected chi connectivity index (χ0v) is 16.7. The van der Waals surface area contributed by atoms with Gasteiger partial charge in [0.2, 0.25) is 0 Å². The van der Waals surface area contributed by atoms with E-state index in [4.69, 9.17) is 9.15 Å². The molecule has 11 heteroatoms. The van der Waals surface area contributed by atoms with Crippen LogP contribution in [-0.4, -0.2) is 30.6 Å². The molecule has 1 aliphatic rings. The van der Waals surface area contributed by atoms with Crippen LogP contribution in [0.25, 0.3) is 11.1 Å². The second-order valence-corrected chi connectivity index (χ2v) is 8.67. The number of para-hydroxylation sites is 1. The molecule has 0 aliphatic carbocycles. The van der Waals surface area contributed by atoms with Crippen LogP contribution in [0, 0.1) is 5.92 Å². The second kappa shape index (κ2) is 7.89. The molecule has 7 nitrogen and oxygen atoms in total. The average molecular weight is 454 g/mol. The first kappa shape index (κ1) is 21.2. The summed E-state index contributed by atoms with van der Waals surface area (Å²) in [5.74, 6) is 0.545. The molecule has 0 radical (unpaired) electrons. The van der Waals surface area contributed by atoms with Crippen LogP contribution in [0.2, 0.25) is 0 Å². The summed E-state index contributed by atoms with van der Waals surface area (Å²) < 4.78 is 74.0. The summed E-state index contributed by atoms with van der Waals surface area (Å²) in [6.45, 7) is 0.183. The lowest BCUT2D eigenvalue weighted by Gasteiger charge is -2.30. The number of ether oxygens (including phenoxy) is 1. The zero-order chi connectivity index (χ0) is 22.2. The molecule has 0 saturated carbocycles. The van der Waals surface area contributed by atoms with Crippen LogP contribution in [0.4, 0.5) is 18.9 Å². The third kappa shape index (κ3) is 4.23. The number of nitrogens with zero attached hydrogens (tertiary/aromatic N) is 1. The first-order valence-electron chi connectivity index (χ1n) is 9.17. The number of alkyl halides is 3. The molecule has 4 rings (SSSR count). The van der Waals surface area contributed by atoms with Gasteiger partial charge in [0.05, 0.1) is 24.6 Å². The third-order valence-electron chi connectivity index (χ3n) is 4.94. The van der Waals surface area contributed by atoms with Gasteiger partial charge in [-0.15, -0.1) is 0 Å². The molecule has 2 atom stereocenters. The third-order valence-corrected chi connectivity index (χ3v) is 6.04. The normalized spacial score (nSPS) is 18.8. The second-order valence-electron chi connectivity index (χ2n) is 7.00. The van der Waals surface area contributed by atoms with Gasteiger partial charge in [0, 0.05) is 23.5 Å². The first-order valence-corrected chi connectivity index (χ1v) is 10.7. The lowest BCUT2D eigenvalue weighted by Crippen LogP contribution is -2.30. The molecule has 0 saturated heterocycles. The van der Waals surface area contributed by atoms with Gasteiger partial charge in [-0.05, 0) is 17.7 Å². The number of aliphatic hydroxyl groups excluding tert-OH is 1. The van der Waals surface area contributed by atoms with Gasteiger partial charge in [-0.25, -0.2) is 4.98 Å². The summed E-state index contributed by atoms with van der Waals surface area (Å²) >= 11 is 0. The number of benzene rings is 2. The van der Waals surface area contributed by atoms with Gasteiger partial charge < -0.3 is 14.3 Å². The molecular weight excluding hydrogens is 437 g/mol. The van der Waals surface area contributed by atoms with E-state index in [2.05, 4.69) is 4.98 Å². The number of oxazole rings is 1. The lowest BCUT2D eigenvalue weighted by atomic mass is 9.89. The maximum atomic E-state index is 12.8. The quantitative estimate of drug-likeness (QED) is 0.607. The standard InChI is InChI=1S/C20H17F3N2O5S/c21-20(22,23)31(27,28)25-16-4-2-1-3-14(16)12-5-6-15-17(9-12)30-11-13(19(15)26)10-18-24-7-8-29-18/h1-9,13,19,25-26H,10-11H2/t13?,19-/m0/s1. The Morgan fingerprint density at radius 1 is 1.19 bits per heavy atom.